The fourth-order valence-corrected chi connectivity index (χ4v) is 3.22. The van der Waals surface area contributed by atoms with Crippen molar-refractivity contribution in [3.05, 3.63) is 70.8 Å². The molecule has 0 aromatic heterocycles. The van der Waals surface area contributed by atoms with Gasteiger partial charge in [0.2, 0.25) is 0 Å². The molecule has 0 aliphatic carbocycles. The number of phenolic OH excluding ortho intramolecular Hbond substituents is 1. The molecule has 1 aliphatic heterocycles. The second kappa shape index (κ2) is 7.25. The van der Waals surface area contributed by atoms with Gasteiger partial charge in [-0.2, -0.15) is 0 Å². The van der Waals surface area contributed by atoms with Gasteiger partial charge < -0.3 is 20.2 Å². The molecule has 27 heavy (non-hydrogen) atoms. The highest BCUT2D eigenvalue weighted by Gasteiger charge is 2.46. The molecule has 1 aliphatic rings. The maximum atomic E-state index is 12.7. The Kier molecular flexibility index (Phi) is 5.01. The van der Waals surface area contributed by atoms with Gasteiger partial charge >= 0.3 is 0 Å². The number of β-amino-alcohol motifs (C(OH)–C–C–N with tert-alkyl or cyclic N) is 1. The zero-order chi connectivity index (χ0) is 19.7. The van der Waals surface area contributed by atoms with E-state index < -0.39 is 23.8 Å². The fourth-order valence-electron chi connectivity index (χ4n) is 3.22. The van der Waals surface area contributed by atoms with Crippen molar-refractivity contribution in [3.63, 3.8) is 0 Å². The highest BCUT2D eigenvalue weighted by Crippen LogP contribution is 2.39. The van der Waals surface area contributed by atoms with Crippen LogP contribution in [0.1, 0.15) is 29.7 Å². The van der Waals surface area contributed by atoms with Gasteiger partial charge in [-0.25, -0.2) is 0 Å². The van der Waals surface area contributed by atoms with E-state index in [0.29, 0.717) is 11.1 Å². The molecule has 1 heterocycles. The summed E-state index contributed by atoms with van der Waals surface area (Å²) in [5.74, 6) is -1.79. The van der Waals surface area contributed by atoms with E-state index >= 15 is 0 Å². The van der Waals surface area contributed by atoms with E-state index in [4.69, 9.17) is 0 Å². The van der Waals surface area contributed by atoms with Crippen LogP contribution in [0.15, 0.2) is 54.1 Å². The maximum Gasteiger partial charge on any atom is 0.295 e. The lowest BCUT2D eigenvalue weighted by atomic mass is 9.95. The minimum atomic E-state index is -0.846. The van der Waals surface area contributed by atoms with E-state index in [1.807, 2.05) is 6.92 Å². The molecular weight excluding hydrogens is 346 g/mol. The van der Waals surface area contributed by atoms with Crippen LogP contribution in [0.25, 0.3) is 5.76 Å². The molecule has 0 saturated carbocycles. The molecule has 0 radical (unpaired) electrons. The third kappa shape index (κ3) is 3.57. The summed E-state index contributed by atoms with van der Waals surface area (Å²) in [6.07, 6.45) is -0.845. The first-order chi connectivity index (χ1) is 12.8. The van der Waals surface area contributed by atoms with Crippen molar-refractivity contribution < 1.29 is 24.9 Å². The normalized spacial score (nSPS) is 20.1. The number of benzene rings is 2. The van der Waals surface area contributed by atoms with Crippen molar-refractivity contribution in [2.75, 3.05) is 6.54 Å². The van der Waals surface area contributed by atoms with Gasteiger partial charge in [0.05, 0.1) is 17.7 Å². The van der Waals surface area contributed by atoms with Crippen molar-refractivity contribution in [2.24, 2.45) is 0 Å². The second-order valence-electron chi connectivity index (χ2n) is 6.76. The summed E-state index contributed by atoms with van der Waals surface area (Å²) >= 11 is 0. The molecule has 2 atom stereocenters. The highest BCUT2D eigenvalue weighted by atomic mass is 16.3. The Balaban J connectivity index is 2.17. The number of hydrogen-bond acceptors (Lipinski definition) is 5. The van der Waals surface area contributed by atoms with Crippen LogP contribution in [0.5, 0.6) is 5.75 Å². The summed E-state index contributed by atoms with van der Waals surface area (Å²) in [6.45, 7) is 3.37. The average molecular weight is 367 g/mol. The number of phenols is 1. The van der Waals surface area contributed by atoms with E-state index in [1.165, 1.54) is 24.0 Å². The fraction of sp³-hybridized carbons (Fsp3) is 0.238. The number of rotatable bonds is 4. The molecule has 2 aromatic carbocycles. The van der Waals surface area contributed by atoms with E-state index in [-0.39, 0.29) is 23.6 Å². The SMILES string of the molecule is Cc1ccc(C(O)=C2C(=O)C(=O)N(C[C@@H](C)O)[C@H]2c2ccc(O)cc2)cc1. The number of carbonyl (C=O) groups is 2. The van der Waals surface area contributed by atoms with E-state index in [9.17, 15) is 24.9 Å². The molecule has 1 amide bonds. The number of ketones is 1. The molecule has 0 bridgehead atoms. The van der Waals surface area contributed by atoms with Crippen LogP contribution >= 0.6 is 0 Å². The molecule has 1 saturated heterocycles. The first-order valence-corrected chi connectivity index (χ1v) is 8.62. The van der Waals surface area contributed by atoms with Gasteiger partial charge in [0, 0.05) is 12.1 Å². The van der Waals surface area contributed by atoms with Crippen LogP contribution in [0.4, 0.5) is 0 Å². The summed E-state index contributed by atoms with van der Waals surface area (Å²) in [6, 6.07) is 12.2. The Morgan fingerprint density at radius 3 is 2.22 bits per heavy atom. The lowest BCUT2D eigenvalue weighted by molar-refractivity contribution is -0.140. The second-order valence-corrected chi connectivity index (χ2v) is 6.76. The highest BCUT2D eigenvalue weighted by molar-refractivity contribution is 6.46. The lowest BCUT2D eigenvalue weighted by Gasteiger charge is -2.26. The van der Waals surface area contributed by atoms with E-state index in [0.717, 1.165) is 5.56 Å². The topological polar surface area (TPSA) is 98.1 Å². The number of nitrogens with zero attached hydrogens (tertiary/aromatic N) is 1. The third-order valence-corrected chi connectivity index (χ3v) is 4.53. The lowest BCUT2D eigenvalue weighted by Crippen LogP contribution is -2.35. The van der Waals surface area contributed by atoms with Crippen molar-refractivity contribution >= 4 is 17.4 Å². The molecule has 0 unspecified atom stereocenters. The van der Waals surface area contributed by atoms with E-state index in [1.54, 1.807) is 36.4 Å². The van der Waals surface area contributed by atoms with Gasteiger partial charge in [0.15, 0.2) is 0 Å². The quantitative estimate of drug-likeness (QED) is 0.438. The molecule has 6 heteroatoms. The predicted octanol–water partition coefficient (Wildman–Crippen LogP) is 2.50. The monoisotopic (exact) mass is 367 g/mol. The zero-order valence-corrected chi connectivity index (χ0v) is 15.1. The molecule has 0 spiro atoms. The summed E-state index contributed by atoms with van der Waals surface area (Å²) in [5, 5.41) is 30.1. The molecule has 3 rings (SSSR count). The molecule has 6 nitrogen and oxygen atoms in total. The Bertz CT molecular complexity index is 897. The zero-order valence-electron chi connectivity index (χ0n) is 15.1. The number of amides is 1. The van der Waals surface area contributed by atoms with Crippen LogP contribution in [0, 0.1) is 6.92 Å². The summed E-state index contributed by atoms with van der Waals surface area (Å²) in [7, 11) is 0. The number of Topliss-reactive ketones (excluding diaryl/α,β-unsaturated/α-hetero) is 1. The Labute approximate surface area is 157 Å². The molecule has 1 fully saturated rings. The number of aliphatic hydroxyl groups excluding tert-OH is 2. The maximum absolute atomic E-state index is 12.7. The van der Waals surface area contributed by atoms with Gasteiger partial charge in [0.1, 0.15) is 11.5 Å². The van der Waals surface area contributed by atoms with Crippen molar-refractivity contribution in [1.82, 2.24) is 4.90 Å². The third-order valence-electron chi connectivity index (χ3n) is 4.53. The minimum Gasteiger partial charge on any atom is -0.508 e. The van der Waals surface area contributed by atoms with Crippen molar-refractivity contribution in [3.8, 4) is 5.75 Å². The standard InChI is InChI=1S/C21H21NO5/c1-12-3-5-15(6-4-12)19(25)17-18(14-7-9-16(24)10-8-14)22(11-13(2)23)21(27)20(17)26/h3-10,13,18,23-25H,11H2,1-2H3/t13-,18+/m1/s1. The van der Waals surface area contributed by atoms with Crippen LogP contribution in [-0.4, -0.2) is 44.6 Å². The van der Waals surface area contributed by atoms with Crippen molar-refractivity contribution in [1.29, 1.82) is 0 Å². The van der Waals surface area contributed by atoms with Gasteiger partial charge in [-0.3, -0.25) is 9.59 Å². The van der Waals surface area contributed by atoms with Gasteiger partial charge in [-0.15, -0.1) is 0 Å². The number of aromatic hydroxyl groups is 1. The Morgan fingerprint density at radius 1 is 1.07 bits per heavy atom. The molecule has 2 aromatic rings. The van der Waals surface area contributed by atoms with Crippen molar-refractivity contribution in [2.45, 2.75) is 26.0 Å². The molecule has 3 N–H and O–H groups in total. The summed E-state index contributed by atoms with van der Waals surface area (Å²) in [4.78, 5) is 26.5. The Hall–Kier alpha value is -3.12. The smallest absolute Gasteiger partial charge is 0.295 e. The van der Waals surface area contributed by atoms with Crippen LogP contribution in [-0.2, 0) is 9.59 Å². The summed E-state index contributed by atoms with van der Waals surface area (Å²) < 4.78 is 0. The van der Waals surface area contributed by atoms with Gasteiger partial charge in [-0.05, 0) is 31.5 Å². The van der Waals surface area contributed by atoms with E-state index in [2.05, 4.69) is 0 Å². The molecular formula is C21H21NO5. The number of aliphatic hydroxyl groups is 2. The minimum absolute atomic E-state index is 0.0322. The average Bonchev–Trinajstić information content (AvgIpc) is 2.87. The number of carbonyl (C=O) groups excluding carboxylic acids is 2. The first-order valence-electron chi connectivity index (χ1n) is 8.62. The number of hydrogen-bond donors (Lipinski definition) is 3. The van der Waals surface area contributed by atoms with Gasteiger partial charge in [-0.1, -0.05) is 42.0 Å². The first kappa shape index (κ1) is 18.7. The predicted molar refractivity (Wildman–Crippen MR) is 100.0 cm³/mol. The molecule has 140 valence electrons. The largest absolute Gasteiger partial charge is 0.508 e. The van der Waals surface area contributed by atoms with Gasteiger partial charge in [0.25, 0.3) is 11.7 Å². The van der Waals surface area contributed by atoms with Crippen LogP contribution < -0.4 is 0 Å². The van der Waals surface area contributed by atoms with Crippen LogP contribution in [0.3, 0.4) is 0 Å². The summed E-state index contributed by atoms with van der Waals surface area (Å²) in [5.41, 5.74) is 1.95. The number of likely N-dealkylation sites (tertiary alicyclic amines) is 1. The number of aryl methyl sites for hydroxylation is 1. The van der Waals surface area contributed by atoms with Crippen LogP contribution in [0.2, 0.25) is 0 Å². The Morgan fingerprint density at radius 2 is 1.67 bits per heavy atom.